The van der Waals surface area contributed by atoms with Crippen LogP contribution in [0.25, 0.3) is 0 Å². The number of nitrogens with zero attached hydrogens (tertiary/aromatic N) is 1. The Morgan fingerprint density at radius 1 is 1.12 bits per heavy atom. The van der Waals surface area contributed by atoms with E-state index in [0.29, 0.717) is 11.8 Å². The van der Waals surface area contributed by atoms with Crippen LogP contribution in [-0.4, -0.2) is 52.4 Å². The molecule has 0 amide bonds. The van der Waals surface area contributed by atoms with Crippen molar-refractivity contribution in [1.29, 1.82) is 0 Å². The number of likely N-dealkylation sites (tertiary alicyclic amines) is 1. The number of halogens is 1. The second-order valence-corrected chi connectivity index (χ2v) is 12.0. The Bertz CT molecular complexity index is 1050. The molecule has 2 aromatic rings. The van der Waals surface area contributed by atoms with Crippen molar-refractivity contribution in [3.05, 3.63) is 64.2 Å². The van der Waals surface area contributed by atoms with Gasteiger partial charge in [-0.05, 0) is 105 Å². The lowest BCUT2D eigenvalue weighted by Gasteiger charge is -2.35. The maximum Gasteiger partial charge on any atom is 0.214 e. The van der Waals surface area contributed by atoms with Crippen molar-refractivity contribution in [2.24, 2.45) is 5.92 Å². The molecule has 1 saturated carbocycles. The van der Waals surface area contributed by atoms with Gasteiger partial charge < -0.3 is 9.64 Å². The van der Waals surface area contributed by atoms with E-state index in [2.05, 4.69) is 46.0 Å². The Kier molecular flexibility index (Phi) is 8.00. The van der Waals surface area contributed by atoms with Crippen LogP contribution in [0, 0.1) is 5.92 Å². The van der Waals surface area contributed by atoms with Crippen molar-refractivity contribution in [2.45, 2.75) is 49.7 Å². The van der Waals surface area contributed by atoms with Gasteiger partial charge in [0.05, 0.1) is 12.4 Å². The van der Waals surface area contributed by atoms with Crippen LogP contribution in [0.5, 0.6) is 5.75 Å². The number of fused-ring (bicyclic) bond motifs is 1. The topological polar surface area (TPSA) is 58.6 Å². The Balaban J connectivity index is 0.000000243. The molecular formula is C26H35ClN2O3S. The first-order chi connectivity index (χ1) is 15.9. The number of hydrogen-bond donors (Lipinski definition) is 1. The largest absolute Gasteiger partial charge is 0.497 e. The van der Waals surface area contributed by atoms with Gasteiger partial charge >= 0.3 is 0 Å². The highest BCUT2D eigenvalue weighted by Gasteiger charge is 2.35. The van der Waals surface area contributed by atoms with E-state index < -0.39 is 10.0 Å². The maximum atomic E-state index is 10.9. The first-order valence-electron chi connectivity index (χ1n) is 12.0. The molecule has 0 aromatic heterocycles. The molecule has 5 nitrogen and oxygen atoms in total. The Labute approximate surface area is 203 Å². The van der Waals surface area contributed by atoms with Gasteiger partial charge in [0.2, 0.25) is 10.0 Å². The third kappa shape index (κ3) is 5.91. The number of rotatable bonds is 7. The van der Waals surface area contributed by atoms with Crippen LogP contribution in [0.3, 0.4) is 0 Å². The highest BCUT2D eigenvalue weighted by atomic mass is 35.5. The molecule has 2 aliphatic carbocycles. The standard InChI is InChI=1S/C21H24ClNO.C5H11NO2S/c1-24-19-7-6-16-12-17(14-23-8-3-9-23)20(21(16)13-19)11-15-4-2-5-18(22)10-15;1-6-9(7,8)5-3-2-4-5/h2,4-7,10,13,17,20H,3,8-9,11-12,14H2,1H3;5-6H,2-4H2,1H3. The monoisotopic (exact) mass is 490 g/mol. The zero-order chi connectivity index (χ0) is 23.4. The molecule has 2 unspecified atom stereocenters. The molecule has 0 radical (unpaired) electrons. The molecule has 180 valence electrons. The van der Waals surface area contributed by atoms with E-state index in [-0.39, 0.29) is 5.25 Å². The van der Waals surface area contributed by atoms with Gasteiger partial charge in [-0.3, -0.25) is 0 Å². The minimum absolute atomic E-state index is 0.0949. The van der Waals surface area contributed by atoms with Crippen molar-refractivity contribution >= 4 is 21.6 Å². The smallest absolute Gasteiger partial charge is 0.214 e. The molecule has 3 aliphatic rings. The average Bonchev–Trinajstić information content (AvgIpc) is 3.06. The number of methoxy groups -OCH3 is 1. The van der Waals surface area contributed by atoms with Gasteiger partial charge in [0.25, 0.3) is 0 Å². The molecular weight excluding hydrogens is 456 g/mol. The fourth-order valence-electron chi connectivity index (χ4n) is 5.04. The van der Waals surface area contributed by atoms with E-state index in [4.69, 9.17) is 16.3 Å². The van der Waals surface area contributed by atoms with Gasteiger partial charge in [0.15, 0.2) is 0 Å². The summed E-state index contributed by atoms with van der Waals surface area (Å²) in [5, 5.41) is 0.734. The van der Waals surface area contributed by atoms with Gasteiger partial charge in [-0.25, -0.2) is 13.1 Å². The summed E-state index contributed by atoms with van der Waals surface area (Å²) in [6, 6.07) is 14.9. The van der Waals surface area contributed by atoms with E-state index in [1.165, 1.54) is 56.2 Å². The summed E-state index contributed by atoms with van der Waals surface area (Å²) in [7, 11) is 0.305. The second-order valence-electron chi connectivity index (χ2n) is 9.43. The number of ether oxygens (including phenoxy) is 1. The Morgan fingerprint density at radius 3 is 2.45 bits per heavy atom. The molecule has 2 aromatic carbocycles. The number of sulfonamides is 1. The van der Waals surface area contributed by atoms with Crippen LogP contribution >= 0.6 is 11.6 Å². The predicted molar refractivity (Wildman–Crippen MR) is 135 cm³/mol. The number of nitrogens with one attached hydrogen (secondary N) is 1. The van der Waals surface area contributed by atoms with Crippen molar-refractivity contribution in [3.8, 4) is 5.75 Å². The van der Waals surface area contributed by atoms with Crippen LogP contribution in [0.15, 0.2) is 42.5 Å². The highest BCUT2D eigenvalue weighted by molar-refractivity contribution is 7.90. The molecule has 0 bridgehead atoms. The zero-order valence-corrected chi connectivity index (χ0v) is 21.2. The van der Waals surface area contributed by atoms with Gasteiger partial charge in [-0.15, -0.1) is 0 Å². The SMILES string of the molecule is CNS(=O)(=O)C1CCC1.COc1ccc2c(c1)C(Cc1cccc(Cl)c1)C(CN1CCC1)C2. The van der Waals surface area contributed by atoms with Crippen LogP contribution in [0.2, 0.25) is 5.02 Å². The molecule has 2 atom stereocenters. The summed E-state index contributed by atoms with van der Waals surface area (Å²) < 4.78 is 29.5. The van der Waals surface area contributed by atoms with E-state index in [0.717, 1.165) is 36.5 Å². The van der Waals surface area contributed by atoms with Crippen LogP contribution in [0.4, 0.5) is 0 Å². The molecule has 1 N–H and O–H groups in total. The quantitative estimate of drug-likeness (QED) is 0.614. The predicted octanol–water partition coefficient (Wildman–Crippen LogP) is 4.64. The summed E-state index contributed by atoms with van der Waals surface area (Å²) in [5.74, 6) is 2.20. The van der Waals surface area contributed by atoms with Crippen molar-refractivity contribution in [2.75, 3.05) is 33.8 Å². The molecule has 1 aliphatic heterocycles. The maximum absolute atomic E-state index is 10.9. The lowest BCUT2D eigenvalue weighted by molar-refractivity contribution is 0.145. The molecule has 1 heterocycles. The molecule has 7 heteroatoms. The van der Waals surface area contributed by atoms with Crippen molar-refractivity contribution in [1.82, 2.24) is 9.62 Å². The van der Waals surface area contributed by atoms with Gasteiger partial charge in [-0.1, -0.05) is 36.2 Å². The summed E-state index contributed by atoms with van der Waals surface area (Å²) in [6.07, 6.45) is 6.32. The summed E-state index contributed by atoms with van der Waals surface area (Å²) in [6.45, 7) is 3.74. The third-order valence-corrected chi connectivity index (χ3v) is 9.52. The molecule has 5 rings (SSSR count). The first-order valence-corrected chi connectivity index (χ1v) is 13.9. The van der Waals surface area contributed by atoms with E-state index in [1.807, 2.05) is 6.07 Å². The fourth-order valence-corrected chi connectivity index (χ4v) is 6.54. The molecule has 1 saturated heterocycles. The first kappa shape index (κ1) is 24.5. The number of benzene rings is 2. The summed E-state index contributed by atoms with van der Waals surface area (Å²) in [5.41, 5.74) is 4.30. The lowest BCUT2D eigenvalue weighted by Crippen LogP contribution is -2.41. The Hall–Kier alpha value is -1.60. The zero-order valence-electron chi connectivity index (χ0n) is 19.6. The second kappa shape index (κ2) is 10.8. The lowest BCUT2D eigenvalue weighted by atomic mass is 9.86. The van der Waals surface area contributed by atoms with Gasteiger partial charge in [0.1, 0.15) is 5.75 Å². The highest BCUT2D eigenvalue weighted by Crippen LogP contribution is 2.42. The summed E-state index contributed by atoms with van der Waals surface area (Å²) in [4.78, 5) is 2.60. The normalized spacial score (nSPS) is 22.5. The van der Waals surface area contributed by atoms with E-state index in [9.17, 15) is 8.42 Å². The minimum Gasteiger partial charge on any atom is -0.497 e. The van der Waals surface area contributed by atoms with Crippen molar-refractivity contribution in [3.63, 3.8) is 0 Å². The van der Waals surface area contributed by atoms with Gasteiger partial charge in [0, 0.05) is 11.6 Å². The van der Waals surface area contributed by atoms with Crippen molar-refractivity contribution < 1.29 is 13.2 Å². The van der Waals surface area contributed by atoms with E-state index >= 15 is 0 Å². The van der Waals surface area contributed by atoms with Crippen LogP contribution < -0.4 is 9.46 Å². The minimum atomic E-state index is -2.91. The molecule has 33 heavy (non-hydrogen) atoms. The van der Waals surface area contributed by atoms with Gasteiger partial charge in [-0.2, -0.15) is 0 Å². The molecule has 0 spiro atoms. The number of hydrogen-bond acceptors (Lipinski definition) is 4. The molecule has 2 fully saturated rings. The van der Waals surface area contributed by atoms with Crippen LogP contribution in [0.1, 0.15) is 48.3 Å². The fraction of sp³-hybridized carbons (Fsp3) is 0.538. The van der Waals surface area contributed by atoms with Crippen LogP contribution in [-0.2, 0) is 22.9 Å². The summed E-state index contributed by atoms with van der Waals surface area (Å²) >= 11 is 6.20. The third-order valence-electron chi connectivity index (χ3n) is 7.37. The van der Waals surface area contributed by atoms with E-state index in [1.54, 1.807) is 7.11 Å². The Morgan fingerprint density at radius 2 is 1.91 bits per heavy atom. The average molecular weight is 491 g/mol.